The van der Waals surface area contributed by atoms with Crippen LogP contribution in [0.3, 0.4) is 0 Å². The van der Waals surface area contributed by atoms with Gasteiger partial charge in [-0.1, -0.05) is 30.3 Å². The van der Waals surface area contributed by atoms with E-state index < -0.39 is 0 Å². The SMILES string of the molecule is c1ccc(-c2cnc3sccn23)cc1. The van der Waals surface area contributed by atoms with Crippen molar-refractivity contribution in [2.75, 3.05) is 0 Å². The van der Waals surface area contributed by atoms with E-state index in [-0.39, 0.29) is 0 Å². The molecule has 0 bridgehead atoms. The first-order valence-electron chi connectivity index (χ1n) is 4.41. The van der Waals surface area contributed by atoms with Crippen molar-refractivity contribution in [3.05, 3.63) is 48.1 Å². The van der Waals surface area contributed by atoms with E-state index in [4.69, 9.17) is 0 Å². The van der Waals surface area contributed by atoms with Crippen molar-refractivity contribution in [2.45, 2.75) is 0 Å². The molecule has 0 amide bonds. The summed E-state index contributed by atoms with van der Waals surface area (Å²) >= 11 is 1.65. The lowest BCUT2D eigenvalue weighted by molar-refractivity contribution is 1.24. The summed E-state index contributed by atoms with van der Waals surface area (Å²) in [4.78, 5) is 5.38. The van der Waals surface area contributed by atoms with Gasteiger partial charge in [-0.15, -0.1) is 11.3 Å². The molecule has 2 nitrogen and oxygen atoms in total. The van der Waals surface area contributed by atoms with E-state index in [0.717, 1.165) is 10.7 Å². The monoisotopic (exact) mass is 200 g/mol. The fraction of sp³-hybridized carbons (Fsp3) is 0. The number of aromatic nitrogens is 2. The van der Waals surface area contributed by atoms with Crippen LogP contribution in [0.25, 0.3) is 16.2 Å². The third-order valence-corrected chi connectivity index (χ3v) is 2.99. The molecule has 14 heavy (non-hydrogen) atoms. The summed E-state index contributed by atoms with van der Waals surface area (Å²) in [6, 6.07) is 10.3. The Morgan fingerprint density at radius 3 is 2.86 bits per heavy atom. The molecule has 2 heterocycles. The number of nitrogens with zero attached hydrogens (tertiary/aromatic N) is 2. The van der Waals surface area contributed by atoms with Crippen molar-refractivity contribution in [3.63, 3.8) is 0 Å². The standard InChI is InChI=1S/C11H8N2S/c1-2-4-9(5-3-1)10-8-12-11-13(10)6-7-14-11/h1-8H. The van der Waals surface area contributed by atoms with Gasteiger partial charge in [-0.25, -0.2) is 4.98 Å². The molecule has 1 aromatic carbocycles. The second kappa shape index (κ2) is 2.96. The Hall–Kier alpha value is -1.61. The van der Waals surface area contributed by atoms with Gasteiger partial charge in [0.1, 0.15) is 0 Å². The van der Waals surface area contributed by atoms with Gasteiger partial charge in [0.25, 0.3) is 0 Å². The van der Waals surface area contributed by atoms with Crippen LogP contribution < -0.4 is 0 Å². The van der Waals surface area contributed by atoms with Gasteiger partial charge >= 0.3 is 0 Å². The molecule has 0 aliphatic carbocycles. The van der Waals surface area contributed by atoms with Crippen molar-refractivity contribution >= 4 is 16.3 Å². The Balaban J connectivity index is 2.28. The largest absolute Gasteiger partial charge is 0.290 e. The maximum atomic E-state index is 4.34. The van der Waals surface area contributed by atoms with Crippen LogP contribution >= 0.6 is 11.3 Å². The maximum absolute atomic E-state index is 4.34. The Bertz CT molecular complexity index is 551. The molecule has 0 unspecified atom stereocenters. The molecular formula is C11H8N2S. The molecule has 3 rings (SSSR count). The number of hydrogen-bond donors (Lipinski definition) is 0. The molecule has 0 atom stereocenters. The number of benzene rings is 1. The average Bonchev–Trinajstić information content (AvgIpc) is 2.79. The molecular weight excluding hydrogens is 192 g/mol. The summed E-state index contributed by atoms with van der Waals surface area (Å²) in [6.07, 6.45) is 3.97. The first kappa shape index (κ1) is 7.76. The zero-order chi connectivity index (χ0) is 9.38. The van der Waals surface area contributed by atoms with E-state index in [1.165, 1.54) is 5.56 Å². The Morgan fingerprint density at radius 2 is 2.00 bits per heavy atom. The van der Waals surface area contributed by atoms with Crippen LogP contribution in [-0.2, 0) is 0 Å². The van der Waals surface area contributed by atoms with E-state index in [1.54, 1.807) is 11.3 Å². The van der Waals surface area contributed by atoms with E-state index in [9.17, 15) is 0 Å². The molecule has 3 aromatic rings. The first-order valence-corrected chi connectivity index (χ1v) is 5.29. The molecule has 0 fully saturated rings. The molecule has 68 valence electrons. The van der Waals surface area contributed by atoms with Gasteiger partial charge in [0.05, 0.1) is 11.9 Å². The third-order valence-electron chi connectivity index (χ3n) is 2.22. The normalized spacial score (nSPS) is 10.9. The topological polar surface area (TPSA) is 17.3 Å². The number of imidazole rings is 1. The second-order valence-corrected chi connectivity index (χ2v) is 3.94. The van der Waals surface area contributed by atoms with Crippen LogP contribution in [0.15, 0.2) is 48.1 Å². The van der Waals surface area contributed by atoms with Gasteiger partial charge in [0.15, 0.2) is 4.96 Å². The highest BCUT2D eigenvalue weighted by Gasteiger charge is 2.04. The fourth-order valence-corrected chi connectivity index (χ4v) is 2.24. The molecule has 0 saturated heterocycles. The Labute approximate surface area is 85.5 Å². The quantitative estimate of drug-likeness (QED) is 0.590. The lowest BCUT2D eigenvalue weighted by Gasteiger charge is -1.97. The van der Waals surface area contributed by atoms with Gasteiger partial charge in [0.2, 0.25) is 0 Å². The van der Waals surface area contributed by atoms with Crippen LogP contribution in [0.4, 0.5) is 0 Å². The highest BCUT2D eigenvalue weighted by Crippen LogP contribution is 2.22. The summed E-state index contributed by atoms with van der Waals surface area (Å²) in [6.45, 7) is 0. The molecule has 3 heteroatoms. The number of hydrogen-bond acceptors (Lipinski definition) is 2. The van der Waals surface area contributed by atoms with E-state index in [2.05, 4.69) is 33.1 Å². The summed E-state index contributed by atoms with van der Waals surface area (Å²) < 4.78 is 2.11. The average molecular weight is 200 g/mol. The van der Waals surface area contributed by atoms with E-state index in [1.807, 2.05) is 24.4 Å². The lowest BCUT2D eigenvalue weighted by Crippen LogP contribution is -1.81. The fourth-order valence-electron chi connectivity index (χ4n) is 1.55. The molecule has 0 radical (unpaired) electrons. The van der Waals surface area contributed by atoms with Gasteiger partial charge < -0.3 is 0 Å². The minimum Gasteiger partial charge on any atom is -0.290 e. The molecule has 0 N–H and O–H groups in total. The van der Waals surface area contributed by atoms with Crippen molar-refractivity contribution in [1.29, 1.82) is 0 Å². The van der Waals surface area contributed by atoms with Crippen LogP contribution in [0.1, 0.15) is 0 Å². The van der Waals surface area contributed by atoms with Gasteiger partial charge in [0, 0.05) is 17.1 Å². The minimum atomic E-state index is 1.05. The predicted octanol–water partition coefficient (Wildman–Crippen LogP) is 3.06. The summed E-state index contributed by atoms with van der Waals surface area (Å²) in [5.74, 6) is 0. The van der Waals surface area contributed by atoms with Gasteiger partial charge in [-0.3, -0.25) is 4.40 Å². The third kappa shape index (κ3) is 1.06. The minimum absolute atomic E-state index is 1.05. The summed E-state index contributed by atoms with van der Waals surface area (Å²) in [5.41, 5.74) is 2.36. The lowest BCUT2D eigenvalue weighted by atomic mass is 10.2. The van der Waals surface area contributed by atoms with Crippen molar-refractivity contribution in [2.24, 2.45) is 0 Å². The van der Waals surface area contributed by atoms with Crippen molar-refractivity contribution < 1.29 is 0 Å². The molecule has 0 spiro atoms. The van der Waals surface area contributed by atoms with E-state index in [0.29, 0.717) is 0 Å². The zero-order valence-electron chi connectivity index (χ0n) is 7.42. The van der Waals surface area contributed by atoms with Crippen LogP contribution in [-0.4, -0.2) is 9.38 Å². The van der Waals surface area contributed by atoms with Gasteiger partial charge in [-0.2, -0.15) is 0 Å². The highest BCUT2D eigenvalue weighted by atomic mass is 32.1. The summed E-state index contributed by atoms with van der Waals surface area (Å²) in [5, 5.41) is 2.05. The molecule has 0 saturated carbocycles. The van der Waals surface area contributed by atoms with Gasteiger partial charge in [-0.05, 0) is 0 Å². The Morgan fingerprint density at radius 1 is 1.14 bits per heavy atom. The summed E-state index contributed by atoms with van der Waals surface area (Å²) in [7, 11) is 0. The number of rotatable bonds is 1. The van der Waals surface area contributed by atoms with Crippen LogP contribution in [0, 0.1) is 0 Å². The smallest absolute Gasteiger partial charge is 0.194 e. The van der Waals surface area contributed by atoms with Crippen molar-refractivity contribution in [1.82, 2.24) is 9.38 Å². The first-order chi connectivity index (χ1) is 6.95. The predicted molar refractivity (Wildman–Crippen MR) is 58.5 cm³/mol. The molecule has 2 aromatic heterocycles. The molecule has 0 aliphatic heterocycles. The highest BCUT2D eigenvalue weighted by molar-refractivity contribution is 7.15. The van der Waals surface area contributed by atoms with Crippen molar-refractivity contribution in [3.8, 4) is 11.3 Å². The van der Waals surface area contributed by atoms with Crippen LogP contribution in [0.5, 0.6) is 0 Å². The van der Waals surface area contributed by atoms with E-state index >= 15 is 0 Å². The number of thiazole rings is 1. The molecule has 0 aliphatic rings. The second-order valence-electron chi connectivity index (χ2n) is 3.07. The van der Waals surface area contributed by atoms with Crippen LogP contribution in [0.2, 0.25) is 0 Å². The zero-order valence-corrected chi connectivity index (χ0v) is 8.24. The Kier molecular flexibility index (Phi) is 1.64. The number of fused-ring (bicyclic) bond motifs is 1. The maximum Gasteiger partial charge on any atom is 0.194 e.